The first kappa shape index (κ1) is 12.1. The van der Waals surface area contributed by atoms with Crippen LogP contribution in [0.3, 0.4) is 0 Å². The van der Waals surface area contributed by atoms with Crippen LogP contribution < -0.4 is 0 Å². The maximum atomic E-state index is 11.5. The summed E-state index contributed by atoms with van der Waals surface area (Å²) in [6.07, 6.45) is 0. The molecule has 0 aromatic heterocycles. The van der Waals surface area contributed by atoms with Crippen molar-refractivity contribution in [3.63, 3.8) is 0 Å². The van der Waals surface area contributed by atoms with Gasteiger partial charge in [0.05, 0.1) is 10.0 Å². The molecule has 0 aliphatic rings. The van der Waals surface area contributed by atoms with Gasteiger partial charge in [0.2, 0.25) is 0 Å². The van der Waals surface area contributed by atoms with E-state index < -0.39 is 5.38 Å². The molecule has 0 saturated heterocycles. The number of alkyl halides is 2. The summed E-state index contributed by atoms with van der Waals surface area (Å²) in [6.45, 7) is 0. The van der Waals surface area contributed by atoms with Crippen LogP contribution in [0.25, 0.3) is 0 Å². The van der Waals surface area contributed by atoms with Crippen LogP contribution in [0, 0.1) is 0 Å². The smallest absolute Gasteiger partial charge is 0.181 e. The van der Waals surface area contributed by atoms with E-state index in [9.17, 15) is 4.79 Å². The quantitative estimate of drug-likeness (QED) is 0.599. The third kappa shape index (κ3) is 2.77. The van der Waals surface area contributed by atoms with Crippen LogP contribution in [-0.4, -0.2) is 17.0 Å². The van der Waals surface area contributed by atoms with Crippen molar-refractivity contribution in [3.05, 3.63) is 33.8 Å². The van der Waals surface area contributed by atoms with Crippen molar-refractivity contribution in [2.24, 2.45) is 0 Å². The molecule has 1 nitrogen and oxygen atoms in total. The molecule has 14 heavy (non-hydrogen) atoms. The molecule has 1 rings (SSSR count). The van der Waals surface area contributed by atoms with Gasteiger partial charge >= 0.3 is 0 Å². The van der Waals surface area contributed by atoms with Crippen molar-refractivity contribution in [1.82, 2.24) is 0 Å². The Hall–Kier alpha value is 0.0500. The molecule has 1 unspecified atom stereocenters. The molecule has 1 atom stereocenters. The van der Waals surface area contributed by atoms with Crippen molar-refractivity contribution >= 4 is 52.2 Å². The van der Waals surface area contributed by atoms with Crippen molar-refractivity contribution < 1.29 is 4.79 Å². The Kier molecular flexibility index (Phi) is 4.52. The number of Topliss-reactive ketones (excluding diaryl/α,β-unsaturated/α-hetero) is 1. The maximum Gasteiger partial charge on any atom is 0.181 e. The van der Waals surface area contributed by atoms with Gasteiger partial charge in [0.1, 0.15) is 5.38 Å². The predicted octanol–water partition coefficient (Wildman–Crippen LogP) is 4.02. The van der Waals surface area contributed by atoms with E-state index >= 15 is 0 Å². The van der Waals surface area contributed by atoms with Crippen molar-refractivity contribution in [2.45, 2.75) is 5.38 Å². The minimum Gasteiger partial charge on any atom is -0.292 e. The van der Waals surface area contributed by atoms with Crippen LogP contribution in [0.15, 0.2) is 18.2 Å². The SMILES string of the molecule is O=C(c1ccc(Cl)c(Cl)c1)C(Cl)CCl. The van der Waals surface area contributed by atoms with Crippen LogP contribution in [0.2, 0.25) is 10.0 Å². The first-order valence-electron chi connectivity index (χ1n) is 3.75. The number of halogens is 4. The summed E-state index contributed by atoms with van der Waals surface area (Å²) in [4.78, 5) is 11.5. The molecule has 0 aliphatic heterocycles. The van der Waals surface area contributed by atoms with E-state index in [2.05, 4.69) is 0 Å². The minimum atomic E-state index is -0.728. The molecular weight excluding hydrogens is 266 g/mol. The Morgan fingerprint density at radius 3 is 2.43 bits per heavy atom. The van der Waals surface area contributed by atoms with E-state index in [1.54, 1.807) is 12.1 Å². The highest BCUT2D eigenvalue weighted by atomic mass is 35.5. The number of hydrogen-bond donors (Lipinski definition) is 0. The molecule has 0 heterocycles. The lowest BCUT2D eigenvalue weighted by molar-refractivity contribution is 0.0993. The highest BCUT2D eigenvalue weighted by molar-refractivity contribution is 6.43. The summed E-state index contributed by atoms with van der Waals surface area (Å²) < 4.78 is 0. The van der Waals surface area contributed by atoms with Crippen LogP contribution in [-0.2, 0) is 0 Å². The second kappa shape index (κ2) is 5.22. The van der Waals surface area contributed by atoms with Crippen molar-refractivity contribution in [3.8, 4) is 0 Å². The fourth-order valence-corrected chi connectivity index (χ4v) is 1.46. The molecule has 76 valence electrons. The van der Waals surface area contributed by atoms with Gasteiger partial charge in [-0.3, -0.25) is 4.79 Å². The first-order chi connectivity index (χ1) is 6.56. The van der Waals surface area contributed by atoms with E-state index in [1.165, 1.54) is 6.07 Å². The highest BCUT2D eigenvalue weighted by Gasteiger charge is 2.16. The number of benzene rings is 1. The lowest BCUT2D eigenvalue weighted by atomic mass is 10.1. The summed E-state index contributed by atoms with van der Waals surface area (Å²) in [5.41, 5.74) is 0.417. The predicted molar refractivity (Wildman–Crippen MR) is 61.2 cm³/mol. The highest BCUT2D eigenvalue weighted by Crippen LogP contribution is 2.23. The summed E-state index contributed by atoms with van der Waals surface area (Å²) in [5.74, 6) is -0.180. The number of carbonyl (C=O) groups is 1. The Morgan fingerprint density at radius 2 is 1.93 bits per heavy atom. The number of carbonyl (C=O) groups excluding carboxylic acids is 1. The van der Waals surface area contributed by atoms with Gasteiger partial charge in [-0.25, -0.2) is 0 Å². The normalized spacial score (nSPS) is 12.6. The third-order valence-corrected chi connectivity index (χ3v) is 3.18. The molecule has 0 saturated carbocycles. The molecule has 0 fully saturated rings. The van der Waals surface area contributed by atoms with E-state index in [1.807, 2.05) is 0 Å². The summed E-state index contributed by atoms with van der Waals surface area (Å²) in [7, 11) is 0. The Balaban J connectivity index is 2.97. The zero-order valence-corrected chi connectivity index (χ0v) is 9.96. The van der Waals surface area contributed by atoms with E-state index in [0.29, 0.717) is 15.6 Å². The van der Waals surface area contributed by atoms with E-state index in [4.69, 9.17) is 46.4 Å². The lowest BCUT2D eigenvalue weighted by Crippen LogP contribution is -2.16. The number of hydrogen-bond acceptors (Lipinski definition) is 1. The zero-order valence-electron chi connectivity index (χ0n) is 6.94. The average Bonchev–Trinajstić information content (AvgIpc) is 2.20. The molecule has 0 aliphatic carbocycles. The molecule has 0 radical (unpaired) electrons. The topological polar surface area (TPSA) is 17.1 Å². The fourth-order valence-electron chi connectivity index (χ4n) is 0.900. The third-order valence-electron chi connectivity index (χ3n) is 1.62. The number of rotatable bonds is 3. The molecule has 0 spiro atoms. The lowest BCUT2D eigenvalue weighted by Gasteiger charge is -2.05. The zero-order chi connectivity index (χ0) is 10.7. The summed E-state index contributed by atoms with van der Waals surface area (Å²) in [6, 6.07) is 4.60. The van der Waals surface area contributed by atoms with Crippen LogP contribution in [0.1, 0.15) is 10.4 Å². The van der Waals surface area contributed by atoms with Gasteiger partial charge in [-0.05, 0) is 18.2 Å². The van der Waals surface area contributed by atoms with Gasteiger partial charge < -0.3 is 0 Å². The van der Waals surface area contributed by atoms with Crippen LogP contribution >= 0.6 is 46.4 Å². The number of ketones is 1. The second-order valence-corrected chi connectivity index (χ2v) is 4.26. The molecule has 0 amide bonds. The molecule has 5 heteroatoms. The Morgan fingerprint density at radius 1 is 1.29 bits per heavy atom. The molecule has 1 aromatic carbocycles. The van der Waals surface area contributed by atoms with Crippen LogP contribution in [0.5, 0.6) is 0 Å². The summed E-state index contributed by atoms with van der Waals surface area (Å²) >= 11 is 22.6. The molecule has 0 bridgehead atoms. The maximum absolute atomic E-state index is 11.5. The summed E-state index contributed by atoms with van der Waals surface area (Å²) in [5, 5.41) is 0.00470. The van der Waals surface area contributed by atoms with E-state index in [-0.39, 0.29) is 11.7 Å². The van der Waals surface area contributed by atoms with Gasteiger partial charge in [-0.15, -0.1) is 23.2 Å². The van der Waals surface area contributed by atoms with E-state index in [0.717, 1.165) is 0 Å². The standard InChI is InChI=1S/C9H6Cl4O/c10-4-8(13)9(14)5-1-2-6(11)7(12)3-5/h1-3,8H,4H2. The fraction of sp³-hybridized carbons (Fsp3) is 0.222. The largest absolute Gasteiger partial charge is 0.292 e. The van der Waals surface area contributed by atoms with Gasteiger partial charge in [0, 0.05) is 11.4 Å². The van der Waals surface area contributed by atoms with Gasteiger partial charge in [-0.2, -0.15) is 0 Å². The van der Waals surface area contributed by atoms with Gasteiger partial charge in [-0.1, -0.05) is 23.2 Å². The molecule has 1 aromatic rings. The molecular formula is C9H6Cl4O. The van der Waals surface area contributed by atoms with Crippen molar-refractivity contribution in [2.75, 3.05) is 5.88 Å². The van der Waals surface area contributed by atoms with Gasteiger partial charge in [0.15, 0.2) is 5.78 Å². The van der Waals surface area contributed by atoms with Crippen LogP contribution in [0.4, 0.5) is 0 Å². The molecule has 0 N–H and O–H groups in total. The first-order valence-corrected chi connectivity index (χ1v) is 5.48. The Labute approximate surface area is 102 Å². The minimum absolute atomic E-state index is 0.0701. The average molecular weight is 272 g/mol. The van der Waals surface area contributed by atoms with Gasteiger partial charge in [0.25, 0.3) is 0 Å². The second-order valence-electron chi connectivity index (χ2n) is 2.61. The van der Waals surface area contributed by atoms with Crippen molar-refractivity contribution in [1.29, 1.82) is 0 Å². The Bertz CT molecular complexity index is 351. The monoisotopic (exact) mass is 270 g/mol.